The molecule has 4 heterocycles. The van der Waals surface area contributed by atoms with Crippen LogP contribution >= 0.6 is 34.9 Å². The van der Waals surface area contributed by atoms with E-state index in [9.17, 15) is 29.1 Å². The van der Waals surface area contributed by atoms with Gasteiger partial charge in [-0.1, -0.05) is 23.0 Å². The second-order valence-corrected chi connectivity index (χ2v) is 11.7. The van der Waals surface area contributed by atoms with Crippen LogP contribution in [0.2, 0.25) is 0 Å². The Morgan fingerprint density at radius 3 is 2.86 bits per heavy atom. The molecular weight excluding hydrogens is 614 g/mol. The Morgan fingerprint density at radius 2 is 2.14 bits per heavy atom. The number of allylic oxidation sites excluding steroid dienone is 1. The molecular formula is C22H21N9O8S3. The quantitative estimate of drug-likeness (QED) is 0.0556. The lowest BCUT2D eigenvalue weighted by atomic mass is 10.0. The molecule has 3 aliphatic rings. The number of amides is 3. The van der Waals surface area contributed by atoms with Crippen LogP contribution in [0.15, 0.2) is 39.1 Å². The summed E-state index contributed by atoms with van der Waals surface area (Å²) in [5.74, 6) is -3.54. The average Bonchev–Trinajstić information content (AvgIpc) is 3.73. The normalized spacial score (nSPS) is 21.5. The number of carboxylic acid groups (broad SMARTS) is 2. The molecule has 1 fully saturated rings. The minimum absolute atomic E-state index is 0.0902. The maximum absolute atomic E-state index is 13.3. The number of carbonyl (C=O) groups is 5. The van der Waals surface area contributed by atoms with Crippen LogP contribution in [0.25, 0.3) is 0 Å². The van der Waals surface area contributed by atoms with Crippen molar-refractivity contribution in [2.75, 3.05) is 16.8 Å². The van der Waals surface area contributed by atoms with E-state index in [0.717, 1.165) is 39.1 Å². The number of carbonyl (C=O) groups excluding carboxylic acids is 3. The fourth-order valence-electron chi connectivity index (χ4n) is 4.20. The predicted octanol–water partition coefficient (Wildman–Crippen LogP) is -0.247. The summed E-state index contributed by atoms with van der Waals surface area (Å²) in [4.78, 5) is 71.3. The van der Waals surface area contributed by atoms with E-state index in [1.54, 1.807) is 0 Å². The fraction of sp³-hybridized carbons (Fsp3) is 0.364. The van der Waals surface area contributed by atoms with Gasteiger partial charge in [-0.15, -0.1) is 28.2 Å². The Morgan fingerprint density at radius 1 is 1.31 bits per heavy atom. The maximum Gasteiger partial charge on any atom is 0.352 e. The molecule has 2 aliphatic heterocycles. The number of thiazole rings is 1. The number of oxime groups is 1. The molecule has 0 bridgehead atoms. The molecule has 42 heavy (non-hydrogen) atoms. The monoisotopic (exact) mass is 635 g/mol. The second kappa shape index (κ2) is 12.7. The van der Waals surface area contributed by atoms with Crippen molar-refractivity contribution in [3.8, 4) is 0 Å². The van der Waals surface area contributed by atoms with E-state index in [1.807, 2.05) is 12.2 Å². The highest BCUT2D eigenvalue weighted by molar-refractivity contribution is 8.01. The number of hydrogen-bond donors (Lipinski definition) is 4. The van der Waals surface area contributed by atoms with Crippen molar-refractivity contribution in [3.63, 3.8) is 0 Å². The molecule has 20 heteroatoms. The van der Waals surface area contributed by atoms with E-state index in [1.165, 1.54) is 17.1 Å². The number of aromatic nitrogens is 5. The van der Waals surface area contributed by atoms with Gasteiger partial charge in [-0.25, -0.2) is 14.5 Å². The van der Waals surface area contributed by atoms with Gasteiger partial charge in [0.05, 0.1) is 0 Å². The van der Waals surface area contributed by atoms with Gasteiger partial charge in [0, 0.05) is 16.9 Å². The topological polar surface area (TPSA) is 231 Å². The third-order valence-electron chi connectivity index (χ3n) is 6.09. The largest absolute Gasteiger partial charge is 0.480 e. The zero-order chi connectivity index (χ0) is 29.8. The van der Waals surface area contributed by atoms with E-state index in [-0.39, 0.29) is 45.0 Å². The van der Waals surface area contributed by atoms with Crippen LogP contribution in [0, 0.1) is 0 Å². The highest BCUT2D eigenvalue weighted by atomic mass is 32.2. The number of tetrazole rings is 1. The molecule has 3 atom stereocenters. The number of carboxylic acids is 2. The van der Waals surface area contributed by atoms with E-state index in [4.69, 9.17) is 9.94 Å². The van der Waals surface area contributed by atoms with E-state index < -0.39 is 41.7 Å². The minimum Gasteiger partial charge on any atom is -0.480 e. The van der Waals surface area contributed by atoms with E-state index in [0.29, 0.717) is 18.4 Å². The Kier molecular flexibility index (Phi) is 8.83. The number of nitrogens with zero attached hydrogens (tertiary/aromatic N) is 7. The third kappa shape index (κ3) is 6.14. The molecule has 220 valence electrons. The number of hydrogen-bond acceptors (Lipinski definition) is 14. The van der Waals surface area contributed by atoms with Gasteiger partial charge in [0.15, 0.2) is 10.8 Å². The summed E-state index contributed by atoms with van der Waals surface area (Å²) in [6.45, 7) is -0.466. The molecule has 5 rings (SSSR count). The third-order valence-corrected chi connectivity index (χ3v) is 9.24. The van der Waals surface area contributed by atoms with Gasteiger partial charge in [0.25, 0.3) is 11.8 Å². The van der Waals surface area contributed by atoms with Crippen LogP contribution < -0.4 is 10.6 Å². The molecule has 3 amide bonds. The molecule has 17 nitrogen and oxygen atoms in total. The zero-order valence-electron chi connectivity index (χ0n) is 21.3. The summed E-state index contributed by atoms with van der Waals surface area (Å²) in [6, 6.07) is -1.04. The van der Waals surface area contributed by atoms with Crippen molar-refractivity contribution in [1.29, 1.82) is 0 Å². The Balaban J connectivity index is 1.30. The van der Waals surface area contributed by atoms with Crippen LogP contribution in [0.4, 0.5) is 5.13 Å². The molecule has 0 saturated carbocycles. The van der Waals surface area contributed by atoms with Crippen molar-refractivity contribution in [1.82, 2.24) is 35.4 Å². The smallest absolute Gasteiger partial charge is 0.352 e. The fourth-order valence-corrected chi connectivity index (χ4v) is 7.22. The first-order valence-electron chi connectivity index (χ1n) is 12.1. The van der Waals surface area contributed by atoms with Gasteiger partial charge < -0.3 is 25.7 Å². The van der Waals surface area contributed by atoms with Crippen LogP contribution in [0.1, 0.15) is 18.5 Å². The van der Waals surface area contributed by atoms with E-state index >= 15 is 0 Å². The Bertz CT molecular complexity index is 1520. The first-order chi connectivity index (χ1) is 20.3. The summed E-state index contributed by atoms with van der Waals surface area (Å²) < 4.78 is 1.07. The summed E-state index contributed by atoms with van der Waals surface area (Å²) in [7, 11) is 0. The van der Waals surface area contributed by atoms with Gasteiger partial charge in [-0.2, -0.15) is 0 Å². The SMILES string of the molecule is O=CNc1nc(C(=NOC2C=CCC2)C(=O)NC2C(=O)N3C(C(=O)O)=C(CSc4nnnn4CC(=O)O)CS[C@@H]23)cs1. The van der Waals surface area contributed by atoms with Gasteiger partial charge >= 0.3 is 11.9 Å². The number of nitrogens with one attached hydrogen (secondary N) is 2. The van der Waals surface area contributed by atoms with Crippen molar-refractivity contribution in [2.24, 2.45) is 5.16 Å². The lowest BCUT2D eigenvalue weighted by Gasteiger charge is -2.49. The van der Waals surface area contributed by atoms with Crippen molar-refractivity contribution < 1.29 is 39.0 Å². The molecule has 4 N–H and O–H groups in total. The van der Waals surface area contributed by atoms with Crippen LogP contribution in [0.3, 0.4) is 0 Å². The minimum atomic E-state index is -1.32. The summed E-state index contributed by atoms with van der Waals surface area (Å²) in [5, 5.41) is 40.0. The molecule has 0 radical (unpaired) electrons. The van der Waals surface area contributed by atoms with E-state index in [2.05, 4.69) is 36.3 Å². The summed E-state index contributed by atoms with van der Waals surface area (Å²) >= 11 is 3.37. The molecule has 2 aromatic heterocycles. The van der Waals surface area contributed by atoms with Gasteiger partial charge in [-0.05, 0) is 34.9 Å². The number of β-lactam (4-membered cyclic amide) rings is 1. The van der Waals surface area contributed by atoms with Gasteiger partial charge in [-0.3, -0.25) is 24.1 Å². The number of aliphatic carboxylic acids is 2. The lowest BCUT2D eigenvalue weighted by Crippen LogP contribution is -2.71. The molecule has 0 aromatic carbocycles. The Hall–Kier alpha value is -4.30. The average molecular weight is 636 g/mol. The van der Waals surface area contributed by atoms with Gasteiger partial charge in [0.2, 0.25) is 11.6 Å². The molecule has 2 aromatic rings. The number of fused-ring (bicyclic) bond motifs is 1. The molecule has 1 saturated heterocycles. The van der Waals surface area contributed by atoms with Crippen LogP contribution in [0.5, 0.6) is 0 Å². The first kappa shape index (κ1) is 29.2. The first-order valence-corrected chi connectivity index (χ1v) is 15.1. The summed E-state index contributed by atoms with van der Waals surface area (Å²) in [6.07, 6.45) is 5.34. The number of thioether (sulfide) groups is 2. The van der Waals surface area contributed by atoms with Crippen molar-refractivity contribution in [2.45, 2.75) is 42.1 Å². The second-order valence-electron chi connectivity index (χ2n) is 8.81. The summed E-state index contributed by atoms with van der Waals surface area (Å²) in [5.41, 5.74) is 0.116. The van der Waals surface area contributed by atoms with Gasteiger partial charge in [0.1, 0.15) is 35.5 Å². The zero-order valence-corrected chi connectivity index (χ0v) is 23.7. The Labute approximate surface area is 248 Å². The molecule has 0 spiro atoms. The lowest BCUT2D eigenvalue weighted by molar-refractivity contribution is -0.150. The van der Waals surface area contributed by atoms with Crippen molar-refractivity contribution >= 4 is 75.9 Å². The van der Waals surface area contributed by atoms with Crippen LogP contribution in [-0.2, 0) is 35.4 Å². The molecule has 1 aliphatic carbocycles. The standard InChI is InChI=1S/C22H21N9O8S3/c32-9-23-21-24-12(8-41-21)14(27-39-11-3-1-2-4-11)17(35)25-15-18(36)31-16(20(37)38)10(6-40-19(15)31)7-42-22-26-28-29-30(22)5-13(33)34/h1,3,8-9,11,15,19H,2,4-7H2,(H,25,35)(H,33,34)(H,37,38)(H,23,24,32)/t11?,15?,19-/m0/s1. The number of anilines is 1. The van der Waals surface area contributed by atoms with Crippen LogP contribution in [-0.4, -0.2) is 105 Å². The predicted molar refractivity (Wildman–Crippen MR) is 147 cm³/mol. The van der Waals surface area contributed by atoms with Crippen molar-refractivity contribution in [3.05, 3.63) is 34.5 Å². The number of rotatable bonds is 13. The maximum atomic E-state index is 13.3. The highest BCUT2D eigenvalue weighted by Crippen LogP contribution is 2.41. The molecule has 2 unspecified atom stereocenters. The highest BCUT2D eigenvalue weighted by Gasteiger charge is 2.54.